The van der Waals surface area contributed by atoms with Gasteiger partial charge in [-0.05, 0) is 29.0 Å². The van der Waals surface area contributed by atoms with Crippen molar-refractivity contribution in [3.63, 3.8) is 0 Å². The zero-order valence-electron chi connectivity index (χ0n) is 16.0. The molecule has 0 saturated heterocycles. The lowest BCUT2D eigenvalue weighted by Crippen LogP contribution is -2.15. The van der Waals surface area contributed by atoms with Crippen molar-refractivity contribution in [2.75, 3.05) is 0 Å². The van der Waals surface area contributed by atoms with Crippen LogP contribution in [0.1, 0.15) is 41.7 Å². The first-order chi connectivity index (χ1) is 14.0. The van der Waals surface area contributed by atoms with Gasteiger partial charge in [0.25, 0.3) is 11.4 Å². The van der Waals surface area contributed by atoms with Gasteiger partial charge in [0.15, 0.2) is 6.61 Å². The Bertz CT molecular complexity index is 1220. The Balaban J connectivity index is 1.46. The average molecular weight is 389 g/mol. The van der Waals surface area contributed by atoms with E-state index in [4.69, 9.17) is 9.26 Å². The van der Waals surface area contributed by atoms with Crippen LogP contribution in [-0.2, 0) is 11.3 Å². The molecule has 7 nitrogen and oxygen atoms in total. The fourth-order valence-corrected chi connectivity index (χ4v) is 2.97. The lowest BCUT2D eigenvalue weighted by atomic mass is 10.0. The molecule has 0 bridgehead atoms. The van der Waals surface area contributed by atoms with E-state index in [9.17, 15) is 9.59 Å². The highest BCUT2D eigenvalue weighted by atomic mass is 16.6. The summed E-state index contributed by atoms with van der Waals surface area (Å²) in [5.41, 5.74) is 1.75. The van der Waals surface area contributed by atoms with Gasteiger partial charge in [-0.25, -0.2) is 4.79 Å². The number of hydrogen-bond acceptors (Lipinski definition) is 6. The molecule has 2 heterocycles. The quantitative estimate of drug-likeness (QED) is 0.517. The van der Waals surface area contributed by atoms with Crippen molar-refractivity contribution in [1.29, 1.82) is 0 Å². The first-order valence-corrected chi connectivity index (χ1v) is 9.23. The number of fused-ring (bicyclic) bond motifs is 1. The minimum atomic E-state index is -0.672. The van der Waals surface area contributed by atoms with Crippen LogP contribution in [0.2, 0.25) is 0 Å². The number of benzene rings is 2. The van der Waals surface area contributed by atoms with Gasteiger partial charge in [-0.1, -0.05) is 61.5 Å². The molecule has 0 aliphatic heterocycles. The van der Waals surface area contributed by atoms with Crippen molar-refractivity contribution in [2.24, 2.45) is 0 Å². The highest BCUT2D eigenvalue weighted by molar-refractivity contribution is 5.92. The predicted molar refractivity (Wildman–Crippen MR) is 108 cm³/mol. The van der Waals surface area contributed by atoms with Gasteiger partial charge in [0.05, 0.1) is 0 Å². The van der Waals surface area contributed by atoms with Crippen molar-refractivity contribution in [3.8, 4) is 11.4 Å². The molecule has 1 N–H and O–H groups in total. The number of pyridine rings is 1. The molecule has 0 aliphatic carbocycles. The van der Waals surface area contributed by atoms with E-state index in [0.29, 0.717) is 22.5 Å². The second kappa shape index (κ2) is 7.71. The smallest absolute Gasteiger partial charge is 0.355 e. The van der Waals surface area contributed by atoms with E-state index in [2.05, 4.69) is 29.0 Å². The summed E-state index contributed by atoms with van der Waals surface area (Å²) in [6, 6.07) is 16.5. The van der Waals surface area contributed by atoms with Crippen molar-refractivity contribution in [1.82, 2.24) is 15.1 Å². The number of carbonyl (C=O) groups is 1. The Morgan fingerprint density at radius 3 is 2.66 bits per heavy atom. The Hall–Kier alpha value is -3.74. The Labute approximate surface area is 166 Å². The molecule has 7 heteroatoms. The summed E-state index contributed by atoms with van der Waals surface area (Å²) in [6.45, 7) is 4.06. The lowest BCUT2D eigenvalue weighted by Gasteiger charge is -2.04. The molecule has 4 rings (SSSR count). The van der Waals surface area contributed by atoms with Crippen molar-refractivity contribution < 1.29 is 14.1 Å². The van der Waals surface area contributed by atoms with Crippen molar-refractivity contribution in [3.05, 3.63) is 82.1 Å². The van der Waals surface area contributed by atoms with Crippen molar-refractivity contribution >= 4 is 16.7 Å². The number of aromatic amines is 1. The number of nitrogens with zero attached hydrogens (tertiary/aromatic N) is 2. The molecule has 4 aromatic rings. The average Bonchev–Trinajstić information content (AvgIpc) is 3.21. The number of nitrogens with one attached hydrogen (secondary N) is 1. The maximum Gasteiger partial charge on any atom is 0.355 e. The molecule has 0 unspecified atom stereocenters. The minimum Gasteiger partial charge on any atom is -0.451 e. The molecule has 146 valence electrons. The molecule has 0 amide bonds. The fraction of sp³-hybridized carbons (Fsp3) is 0.182. The van der Waals surface area contributed by atoms with Gasteiger partial charge in [-0.15, -0.1) is 0 Å². The molecule has 0 saturated carbocycles. The van der Waals surface area contributed by atoms with Gasteiger partial charge >= 0.3 is 5.97 Å². The summed E-state index contributed by atoms with van der Waals surface area (Å²) in [4.78, 5) is 31.2. The third kappa shape index (κ3) is 3.94. The fourth-order valence-electron chi connectivity index (χ4n) is 2.97. The summed E-state index contributed by atoms with van der Waals surface area (Å²) in [7, 11) is 0. The van der Waals surface area contributed by atoms with E-state index in [1.54, 1.807) is 30.3 Å². The molecule has 0 radical (unpaired) electrons. The third-order valence-corrected chi connectivity index (χ3v) is 4.60. The van der Waals surface area contributed by atoms with Gasteiger partial charge in [0.2, 0.25) is 5.82 Å². The second-order valence-electron chi connectivity index (χ2n) is 6.96. The van der Waals surface area contributed by atoms with E-state index in [1.165, 1.54) is 5.56 Å². The number of H-pyrrole nitrogens is 1. The number of esters is 1. The number of aromatic nitrogens is 3. The van der Waals surface area contributed by atoms with Gasteiger partial charge in [-0.2, -0.15) is 4.98 Å². The van der Waals surface area contributed by atoms with Crippen LogP contribution < -0.4 is 5.56 Å². The maximum absolute atomic E-state index is 12.3. The van der Waals surface area contributed by atoms with Gasteiger partial charge in [0.1, 0.15) is 5.69 Å². The maximum atomic E-state index is 12.3. The van der Waals surface area contributed by atoms with E-state index in [1.807, 2.05) is 24.3 Å². The number of hydrogen-bond donors (Lipinski definition) is 1. The zero-order chi connectivity index (χ0) is 20.4. The van der Waals surface area contributed by atoms with Crippen LogP contribution in [0.3, 0.4) is 0 Å². The van der Waals surface area contributed by atoms with E-state index >= 15 is 0 Å². The Morgan fingerprint density at radius 1 is 1.14 bits per heavy atom. The topological polar surface area (TPSA) is 98.1 Å². The van der Waals surface area contributed by atoms with Gasteiger partial charge in [0, 0.05) is 10.9 Å². The molecular weight excluding hydrogens is 370 g/mol. The first-order valence-electron chi connectivity index (χ1n) is 9.23. The normalized spacial score (nSPS) is 11.1. The van der Waals surface area contributed by atoms with Crippen molar-refractivity contribution in [2.45, 2.75) is 26.4 Å². The third-order valence-electron chi connectivity index (χ3n) is 4.60. The van der Waals surface area contributed by atoms with Crippen LogP contribution >= 0.6 is 0 Å². The second-order valence-corrected chi connectivity index (χ2v) is 6.96. The summed E-state index contributed by atoms with van der Waals surface area (Å²) in [5.74, 6) is 0.356. The van der Waals surface area contributed by atoms with E-state index < -0.39 is 5.97 Å². The van der Waals surface area contributed by atoms with E-state index in [-0.39, 0.29) is 23.8 Å². The molecular formula is C22H19N3O4. The monoisotopic (exact) mass is 389 g/mol. The Morgan fingerprint density at radius 2 is 1.90 bits per heavy atom. The molecule has 0 aliphatic rings. The number of rotatable bonds is 5. The standard InChI is InChI=1S/C22H19N3O4/c1-13(2)14-7-9-15(10-8-14)20-24-19(29-25-20)12-28-22(27)18-11-16-5-3-4-6-17(16)21(26)23-18/h3-11,13H,12H2,1-2H3,(H,23,26). The largest absolute Gasteiger partial charge is 0.451 e. The number of carbonyl (C=O) groups excluding carboxylic acids is 1. The Kier molecular flexibility index (Phi) is 4.95. The first kappa shape index (κ1) is 18.6. The summed E-state index contributed by atoms with van der Waals surface area (Å²) < 4.78 is 10.4. The summed E-state index contributed by atoms with van der Waals surface area (Å²) >= 11 is 0. The molecule has 0 fully saturated rings. The molecule has 2 aromatic heterocycles. The minimum absolute atomic E-state index is 0.0673. The highest BCUT2D eigenvalue weighted by Crippen LogP contribution is 2.20. The summed E-state index contributed by atoms with van der Waals surface area (Å²) in [6.07, 6.45) is 0. The van der Waals surface area contributed by atoms with Crippen LogP contribution in [0.25, 0.3) is 22.2 Å². The lowest BCUT2D eigenvalue weighted by molar-refractivity contribution is 0.0423. The van der Waals surface area contributed by atoms with Gasteiger partial charge in [-0.3, -0.25) is 4.79 Å². The SMILES string of the molecule is CC(C)c1ccc(-c2noc(COC(=O)c3cc4ccccc4c(=O)[nH]3)n2)cc1. The molecule has 29 heavy (non-hydrogen) atoms. The highest BCUT2D eigenvalue weighted by Gasteiger charge is 2.14. The van der Waals surface area contributed by atoms with Crippen LogP contribution in [0.5, 0.6) is 0 Å². The van der Waals surface area contributed by atoms with Crippen LogP contribution in [-0.4, -0.2) is 21.1 Å². The van der Waals surface area contributed by atoms with Crippen LogP contribution in [0.4, 0.5) is 0 Å². The number of ether oxygens (including phenoxy) is 1. The van der Waals surface area contributed by atoms with E-state index in [0.717, 1.165) is 5.56 Å². The molecule has 2 aromatic carbocycles. The predicted octanol–water partition coefficient (Wildman–Crippen LogP) is 4.06. The van der Waals surface area contributed by atoms with Crippen LogP contribution in [0, 0.1) is 0 Å². The zero-order valence-corrected chi connectivity index (χ0v) is 16.0. The van der Waals surface area contributed by atoms with Crippen LogP contribution in [0.15, 0.2) is 63.9 Å². The van der Waals surface area contributed by atoms with Gasteiger partial charge < -0.3 is 14.2 Å². The molecule has 0 atom stereocenters. The summed E-state index contributed by atoms with van der Waals surface area (Å²) in [5, 5.41) is 5.10. The molecule has 0 spiro atoms.